The molecular weight excluding hydrogens is 279 g/mol. The van der Waals surface area contributed by atoms with E-state index in [1.807, 2.05) is 0 Å². The van der Waals surface area contributed by atoms with Crippen LogP contribution in [-0.4, -0.2) is 0 Å². The fourth-order valence-electron chi connectivity index (χ4n) is 1.53. The lowest BCUT2D eigenvalue weighted by Gasteiger charge is -2.10. The highest BCUT2D eigenvalue weighted by Crippen LogP contribution is 2.26. The second-order valence-corrected chi connectivity index (χ2v) is 4.47. The molecule has 0 spiro atoms. The summed E-state index contributed by atoms with van der Waals surface area (Å²) in [7, 11) is 0. The molecule has 2 aromatic carbocycles. The van der Waals surface area contributed by atoms with E-state index in [2.05, 4.69) is 5.32 Å². The Labute approximate surface area is 113 Å². The molecule has 94 valence electrons. The Kier molecular flexibility index (Phi) is 4.04. The van der Waals surface area contributed by atoms with Gasteiger partial charge in [0.1, 0.15) is 0 Å². The first kappa shape index (κ1) is 13.1. The van der Waals surface area contributed by atoms with Crippen molar-refractivity contribution in [3.63, 3.8) is 0 Å². The van der Waals surface area contributed by atoms with Crippen molar-refractivity contribution in [1.29, 1.82) is 0 Å². The van der Waals surface area contributed by atoms with Crippen molar-refractivity contribution in [1.82, 2.24) is 0 Å². The van der Waals surface area contributed by atoms with Gasteiger partial charge in [0.25, 0.3) is 0 Å². The van der Waals surface area contributed by atoms with Gasteiger partial charge < -0.3 is 5.32 Å². The number of benzene rings is 2. The lowest BCUT2D eigenvalue weighted by molar-refractivity contribution is 0.511. The Morgan fingerprint density at radius 2 is 1.56 bits per heavy atom. The number of nitrogens with one attached hydrogen (secondary N) is 1. The summed E-state index contributed by atoms with van der Waals surface area (Å²) in [6.45, 7) is 0.221. The summed E-state index contributed by atoms with van der Waals surface area (Å²) < 4.78 is 26.4. The minimum absolute atomic E-state index is 0.0750. The molecule has 18 heavy (non-hydrogen) atoms. The average molecular weight is 288 g/mol. The molecule has 0 aliphatic rings. The highest BCUT2D eigenvalue weighted by atomic mass is 35.5. The van der Waals surface area contributed by atoms with E-state index in [9.17, 15) is 8.78 Å². The highest BCUT2D eigenvalue weighted by molar-refractivity contribution is 6.36. The van der Waals surface area contributed by atoms with E-state index in [4.69, 9.17) is 23.2 Å². The lowest BCUT2D eigenvalue weighted by Crippen LogP contribution is -2.03. The number of halogens is 4. The summed E-state index contributed by atoms with van der Waals surface area (Å²) in [5.74, 6) is -1.81. The normalized spacial score (nSPS) is 10.4. The van der Waals surface area contributed by atoms with E-state index in [1.165, 1.54) is 12.1 Å². The summed E-state index contributed by atoms with van der Waals surface area (Å²) in [5, 5.41) is 3.72. The number of hydrogen-bond donors (Lipinski definition) is 1. The molecule has 0 atom stereocenters. The molecule has 0 saturated heterocycles. The van der Waals surface area contributed by atoms with E-state index in [0.717, 1.165) is 6.07 Å². The Morgan fingerprint density at radius 1 is 0.944 bits per heavy atom. The Bertz CT molecular complexity index is 553. The second-order valence-electron chi connectivity index (χ2n) is 3.66. The minimum atomic E-state index is -0.916. The van der Waals surface area contributed by atoms with Crippen molar-refractivity contribution in [2.75, 3.05) is 5.32 Å². The van der Waals surface area contributed by atoms with Crippen molar-refractivity contribution in [3.05, 3.63) is 63.6 Å². The third-order valence-corrected chi connectivity index (χ3v) is 3.18. The summed E-state index contributed by atoms with van der Waals surface area (Å²) in [6, 6.07) is 9.02. The summed E-state index contributed by atoms with van der Waals surface area (Å²) >= 11 is 11.9. The molecule has 0 amide bonds. The standard InChI is InChI=1S/C13H9Cl2F2N/c14-9-3-1-4-10(15)8(9)7-18-12-6-2-5-11(16)13(12)17/h1-6,18H,7H2. The quantitative estimate of drug-likeness (QED) is 0.848. The zero-order valence-electron chi connectivity index (χ0n) is 9.18. The molecule has 0 aliphatic heterocycles. The van der Waals surface area contributed by atoms with Crippen LogP contribution < -0.4 is 5.32 Å². The molecule has 2 rings (SSSR count). The molecule has 2 aromatic rings. The van der Waals surface area contributed by atoms with Gasteiger partial charge in [0.15, 0.2) is 11.6 Å². The van der Waals surface area contributed by atoms with Crippen LogP contribution in [0, 0.1) is 11.6 Å². The molecule has 0 radical (unpaired) electrons. The highest BCUT2D eigenvalue weighted by Gasteiger charge is 2.09. The molecule has 0 aliphatic carbocycles. The van der Waals surface area contributed by atoms with Gasteiger partial charge in [0, 0.05) is 22.2 Å². The van der Waals surface area contributed by atoms with Crippen molar-refractivity contribution in [3.8, 4) is 0 Å². The molecule has 5 heteroatoms. The maximum Gasteiger partial charge on any atom is 0.181 e. The molecule has 1 N–H and O–H groups in total. The van der Waals surface area contributed by atoms with Crippen LogP contribution in [0.5, 0.6) is 0 Å². The molecular formula is C13H9Cl2F2N. The number of hydrogen-bond acceptors (Lipinski definition) is 1. The minimum Gasteiger partial charge on any atom is -0.378 e. The molecule has 0 unspecified atom stereocenters. The smallest absolute Gasteiger partial charge is 0.181 e. The average Bonchev–Trinajstić information content (AvgIpc) is 2.33. The van der Waals surface area contributed by atoms with E-state index in [-0.39, 0.29) is 12.2 Å². The fraction of sp³-hybridized carbons (Fsp3) is 0.0769. The van der Waals surface area contributed by atoms with E-state index >= 15 is 0 Å². The van der Waals surface area contributed by atoms with Crippen LogP contribution >= 0.6 is 23.2 Å². The van der Waals surface area contributed by atoms with Crippen LogP contribution in [0.3, 0.4) is 0 Å². The predicted octanol–water partition coefficient (Wildman–Crippen LogP) is 4.88. The van der Waals surface area contributed by atoms with Crippen LogP contribution in [0.1, 0.15) is 5.56 Å². The first-order chi connectivity index (χ1) is 8.59. The molecule has 0 heterocycles. The molecule has 1 nitrogen and oxygen atoms in total. The Balaban J connectivity index is 2.19. The van der Waals surface area contributed by atoms with Gasteiger partial charge in [0.05, 0.1) is 5.69 Å². The van der Waals surface area contributed by atoms with Crippen LogP contribution in [0.4, 0.5) is 14.5 Å². The van der Waals surface area contributed by atoms with Gasteiger partial charge in [0.2, 0.25) is 0 Å². The number of anilines is 1. The van der Waals surface area contributed by atoms with Crippen LogP contribution in [0.15, 0.2) is 36.4 Å². The maximum absolute atomic E-state index is 13.4. The van der Waals surface area contributed by atoms with Crippen molar-refractivity contribution in [2.24, 2.45) is 0 Å². The molecule has 0 aromatic heterocycles. The maximum atomic E-state index is 13.4. The van der Waals surface area contributed by atoms with Gasteiger partial charge in [-0.05, 0) is 24.3 Å². The molecule has 0 saturated carbocycles. The first-order valence-electron chi connectivity index (χ1n) is 5.20. The summed E-state index contributed by atoms with van der Waals surface area (Å²) in [6.07, 6.45) is 0. The van der Waals surface area contributed by atoms with Crippen LogP contribution in [-0.2, 0) is 6.54 Å². The van der Waals surface area contributed by atoms with Gasteiger partial charge in [-0.2, -0.15) is 0 Å². The van der Waals surface area contributed by atoms with Crippen LogP contribution in [0.2, 0.25) is 10.0 Å². The Hall–Kier alpha value is -1.32. The number of rotatable bonds is 3. The third-order valence-electron chi connectivity index (χ3n) is 2.47. The van der Waals surface area contributed by atoms with Gasteiger partial charge in [-0.25, -0.2) is 8.78 Å². The summed E-state index contributed by atoms with van der Waals surface area (Å²) in [4.78, 5) is 0. The first-order valence-corrected chi connectivity index (χ1v) is 5.96. The molecule has 0 fully saturated rings. The summed E-state index contributed by atoms with van der Waals surface area (Å²) in [5.41, 5.74) is 0.718. The monoisotopic (exact) mass is 287 g/mol. The van der Waals surface area contributed by atoms with Crippen LogP contribution in [0.25, 0.3) is 0 Å². The topological polar surface area (TPSA) is 12.0 Å². The lowest BCUT2D eigenvalue weighted by atomic mass is 10.2. The van der Waals surface area contributed by atoms with Gasteiger partial charge >= 0.3 is 0 Å². The van der Waals surface area contributed by atoms with Gasteiger partial charge in [-0.1, -0.05) is 35.3 Å². The second kappa shape index (κ2) is 5.55. The van der Waals surface area contributed by atoms with E-state index < -0.39 is 11.6 Å². The van der Waals surface area contributed by atoms with Gasteiger partial charge in [-0.15, -0.1) is 0 Å². The van der Waals surface area contributed by atoms with E-state index in [0.29, 0.717) is 15.6 Å². The molecule has 0 bridgehead atoms. The Morgan fingerprint density at radius 3 is 2.22 bits per heavy atom. The van der Waals surface area contributed by atoms with Crippen molar-refractivity contribution in [2.45, 2.75) is 6.54 Å². The fourth-order valence-corrected chi connectivity index (χ4v) is 2.06. The predicted molar refractivity (Wildman–Crippen MR) is 70.1 cm³/mol. The zero-order chi connectivity index (χ0) is 13.1. The van der Waals surface area contributed by atoms with Crippen molar-refractivity contribution < 1.29 is 8.78 Å². The SMILES string of the molecule is Fc1cccc(NCc2c(Cl)cccc2Cl)c1F. The zero-order valence-corrected chi connectivity index (χ0v) is 10.7. The van der Waals surface area contributed by atoms with E-state index in [1.54, 1.807) is 18.2 Å². The third kappa shape index (κ3) is 2.74. The van der Waals surface area contributed by atoms with Gasteiger partial charge in [-0.3, -0.25) is 0 Å². The largest absolute Gasteiger partial charge is 0.378 e. The van der Waals surface area contributed by atoms with Crippen molar-refractivity contribution >= 4 is 28.9 Å².